The number of benzene rings is 2. The van der Waals surface area contributed by atoms with Crippen LogP contribution in [0.2, 0.25) is 5.02 Å². The van der Waals surface area contributed by atoms with Gasteiger partial charge in [0.2, 0.25) is 0 Å². The van der Waals surface area contributed by atoms with E-state index in [0.29, 0.717) is 10.9 Å². The minimum atomic E-state index is -0.0313. The van der Waals surface area contributed by atoms with Crippen molar-refractivity contribution in [3.8, 4) is 5.75 Å². The molecule has 2 aromatic rings. The molecule has 0 spiro atoms. The fraction of sp³-hybridized carbons (Fsp3) is 0.294. The molecule has 0 aliphatic carbocycles. The molecule has 0 saturated heterocycles. The summed E-state index contributed by atoms with van der Waals surface area (Å²) < 4.78 is 6.68. The molecule has 2 N–H and O–H groups in total. The van der Waals surface area contributed by atoms with E-state index in [1.165, 1.54) is 5.56 Å². The normalized spacial score (nSPS) is 18.7. The van der Waals surface area contributed by atoms with Gasteiger partial charge < -0.3 is 10.5 Å². The Morgan fingerprint density at radius 3 is 2.90 bits per heavy atom. The highest BCUT2D eigenvalue weighted by atomic mass is 79.9. The standard InChI is InChI=1S/C17H17BrClNO/c18-13-7-12(8-14(19)10-13)16(20)9-11-5-6-21-17-4-2-1-3-15(11)17/h1-4,7-8,10-11,16H,5-6,9,20H2. The fourth-order valence-corrected chi connectivity index (χ4v) is 3.78. The summed E-state index contributed by atoms with van der Waals surface area (Å²) in [6, 6.07) is 14.1. The van der Waals surface area contributed by atoms with E-state index < -0.39 is 0 Å². The average Bonchev–Trinajstić information content (AvgIpc) is 2.46. The Bertz CT molecular complexity index is 626. The van der Waals surface area contributed by atoms with Crippen LogP contribution >= 0.6 is 27.5 Å². The Morgan fingerprint density at radius 2 is 2.10 bits per heavy atom. The van der Waals surface area contributed by atoms with Gasteiger partial charge in [-0.15, -0.1) is 0 Å². The Morgan fingerprint density at radius 1 is 1.29 bits per heavy atom. The van der Waals surface area contributed by atoms with E-state index in [9.17, 15) is 0 Å². The summed E-state index contributed by atoms with van der Waals surface area (Å²) in [4.78, 5) is 0. The lowest BCUT2D eigenvalue weighted by molar-refractivity contribution is 0.259. The molecule has 110 valence electrons. The predicted octanol–water partition coefficient (Wildman–Crippen LogP) is 5.06. The number of ether oxygens (including phenoxy) is 1. The van der Waals surface area contributed by atoms with Crippen LogP contribution in [0.5, 0.6) is 5.75 Å². The zero-order valence-corrected chi connectivity index (χ0v) is 13.9. The van der Waals surface area contributed by atoms with Crippen molar-refractivity contribution in [3.05, 3.63) is 63.1 Å². The van der Waals surface area contributed by atoms with Crippen LogP contribution in [0.1, 0.15) is 35.9 Å². The zero-order valence-electron chi connectivity index (χ0n) is 11.6. The third-order valence-electron chi connectivity index (χ3n) is 3.93. The number of fused-ring (bicyclic) bond motifs is 1. The van der Waals surface area contributed by atoms with Crippen molar-refractivity contribution in [1.82, 2.24) is 0 Å². The zero-order chi connectivity index (χ0) is 14.8. The molecular formula is C17H17BrClNO. The van der Waals surface area contributed by atoms with Crippen LogP contribution in [-0.2, 0) is 0 Å². The second-order valence-corrected chi connectivity index (χ2v) is 6.77. The minimum Gasteiger partial charge on any atom is -0.493 e. The minimum absolute atomic E-state index is 0.0313. The van der Waals surface area contributed by atoms with Gasteiger partial charge in [0, 0.05) is 15.5 Å². The Labute approximate surface area is 138 Å². The van der Waals surface area contributed by atoms with Gasteiger partial charge >= 0.3 is 0 Å². The molecule has 0 aromatic heterocycles. The monoisotopic (exact) mass is 365 g/mol. The second-order valence-electron chi connectivity index (χ2n) is 5.42. The van der Waals surface area contributed by atoms with E-state index >= 15 is 0 Å². The summed E-state index contributed by atoms with van der Waals surface area (Å²) in [5.41, 5.74) is 8.73. The van der Waals surface area contributed by atoms with Crippen molar-refractivity contribution in [2.24, 2.45) is 5.73 Å². The first-order chi connectivity index (χ1) is 10.1. The van der Waals surface area contributed by atoms with E-state index in [1.807, 2.05) is 30.3 Å². The largest absolute Gasteiger partial charge is 0.493 e. The summed E-state index contributed by atoms with van der Waals surface area (Å²) in [6.45, 7) is 0.758. The number of hydrogen-bond acceptors (Lipinski definition) is 2. The molecule has 3 rings (SSSR count). The molecule has 0 fully saturated rings. The first kappa shape index (κ1) is 14.9. The van der Waals surface area contributed by atoms with Crippen LogP contribution in [0.15, 0.2) is 46.9 Å². The van der Waals surface area contributed by atoms with Gasteiger partial charge in [-0.05, 0) is 54.2 Å². The third kappa shape index (κ3) is 3.42. The third-order valence-corrected chi connectivity index (χ3v) is 4.61. The predicted molar refractivity (Wildman–Crippen MR) is 90.0 cm³/mol. The molecule has 4 heteroatoms. The molecule has 21 heavy (non-hydrogen) atoms. The summed E-state index contributed by atoms with van der Waals surface area (Å²) in [6.07, 6.45) is 1.90. The van der Waals surface area contributed by atoms with Crippen molar-refractivity contribution in [1.29, 1.82) is 0 Å². The van der Waals surface area contributed by atoms with Crippen LogP contribution in [0, 0.1) is 0 Å². The highest BCUT2D eigenvalue weighted by molar-refractivity contribution is 9.10. The maximum Gasteiger partial charge on any atom is 0.122 e. The Balaban J connectivity index is 1.81. The summed E-state index contributed by atoms with van der Waals surface area (Å²) in [7, 11) is 0. The Kier molecular flexibility index (Phi) is 4.53. The lowest BCUT2D eigenvalue weighted by Gasteiger charge is -2.28. The molecule has 2 aromatic carbocycles. The fourth-order valence-electron chi connectivity index (χ4n) is 2.89. The van der Waals surface area contributed by atoms with Gasteiger partial charge in [0.25, 0.3) is 0 Å². The maximum absolute atomic E-state index is 6.40. The molecule has 2 atom stereocenters. The molecule has 0 bridgehead atoms. The van der Waals surface area contributed by atoms with E-state index in [-0.39, 0.29) is 6.04 Å². The number of para-hydroxylation sites is 1. The van der Waals surface area contributed by atoms with E-state index in [2.05, 4.69) is 28.1 Å². The van der Waals surface area contributed by atoms with Crippen LogP contribution < -0.4 is 10.5 Å². The SMILES string of the molecule is NC(CC1CCOc2ccccc21)c1cc(Cl)cc(Br)c1. The quantitative estimate of drug-likeness (QED) is 0.824. The smallest absolute Gasteiger partial charge is 0.122 e. The van der Waals surface area contributed by atoms with Gasteiger partial charge in [-0.1, -0.05) is 45.7 Å². The number of halogens is 2. The number of hydrogen-bond donors (Lipinski definition) is 1. The highest BCUT2D eigenvalue weighted by Crippen LogP contribution is 2.38. The van der Waals surface area contributed by atoms with E-state index in [4.69, 9.17) is 22.1 Å². The summed E-state index contributed by atoms with van der Waals surface area (Å²) in [5, 5.41) is 0.710. The van der Waals surface area contributed by atoms with Crippen molar-refractivity contribution in [2.45, 2.75) is 24.8 Å². The molecule has 1 heterocycles. The molecule has 2 nitrogen and oxygen atoms in total. The van der Waals surface area contributed by atoms with E-state index in [1.54, 1.807) is 0 Å². The lowest BCUT2D eigenvalue weighted by Crippen LogP contribution is -2.20. The molecular weight excluding hydrogens is 350 g/mol. The van der Waals surface area contributed by atoms with Crippen molar-refractivity contribution < 1.29 is 4.74 Å². The van der Waals surface area contributed by atoms with Gasteiger partial charge in [-0.2, -0.15) is 0 Å². The lowest BCUT2D eigenvalue weighted by atomic mass is 9.86. The molecule has 0 radical (unpaired) electrons. The van der Waals surface area contributed by atoms with Crippen LogP contribution in [0.3, 0.4) is 0 Å². The molecule has 0 amide bonds. The van der Waals surface area contributed by atoms with Crippen molar-refractivity contribution in [2.75, 3.05) is 6.61 Å². The first-order valence-electron chi connectivity index (χ1n) is 7.07. The molecule has 0 saturated carbocycles. The maximum atomic E-state index is 6.40. The van der Waals surface area contributed by atoms with Gasteiger partial charge in [-0.25, -0.2) is 0 Å². The number of nitrogens with two attached hydrogens (primary N) is 1. The molecule has 1 aliphatic heterocycles. The van der Waals surface area contributed by atoms with Crippen LogP contribution in [0.25, 0.3) is 0 Å². The van der Waals surface area contributed by atoms with Gasteiger partial charge in [0.05, 0.1) is 6.61 Å². The first-order valence-corrected chi connectivity index (χ1v) is 8.24. The molecule has 2 unspecified atom stereocenters. The van der Waals surface area contributed by atoms with Gasteiger partial charge in [0.1, 0.15) is 5.75 Å². The highest BCUT2D eigenvalue weighted by Gasteiger charge is 2.23. The van der Waals surface area contributed by atoms with Crippen molar-refractivity contribution in [3.63, 3.8) is 0 Å². The summed E-state index contributed by atoms with van der Waals surface area (Å²) in [5.74, 6) is 1.43. The van der Waals surface area contributed by atoms with Gasteiger partial charge in [0.15, 0.2) is 0 Å². The summed E-state index contributed by atoms with van der Waals surface area (Å²) >= 11 is 9.58. The van der Waals surface area contributed by atoms with Crippen LogP contribution in [0.4, 0.5) is 0 Å². The molecule has 1 aliphatic rings. The average molecular weight is 367 g/mol. The van der Waals surface area contributed by atoms with Gasteiger partial charge in [-0.3, -0.25) is 0 Å². The Hall–Kier alpha value is -1.03. The second kappa shape index (κ2) is 6.39. The number of rotatable bonds is 3. The van der Waals surface area contributed by atoms with Crippen molar-refractivity contribution >= 4 is 27.5 Å². The van der Waals surface area contributed by atoms with Crippen LogP contribution in [-0.4, -0.2) is 6.61 Å². The van der Waals surface area contributed by atoms with E-state index in [0.717, 1.165) is 35.2 Å². The topological polar surface area (TPSA) is 35.2 Å².